The molecule has 2 aromatic rings. The number of benzene rings is 1. The van der Waals surface area contributed by atoms with Gasteiger partial charge in [-0.3, -0.25) is 4.79 Å². The highest BCUT2D eigenvalue weighted by Gasteiger charge is 2.51. The van der Waals surface area contributed by atoms with E-state index < -0.39 is 40.7 Å². The molecule has 3 fully saturated rings. The molecule has 2 N–H and O–H groups in total. The van der Waals surface area contributed by atoms with Crippen molar-refractivity contribution in [3.63, 3.8) is 0 Å². The molecule has 9 heteroatoms. The molecular weight excluding hydrogens is 387 g/mol. The van der Waals surface area contributed by atoms with Gasteiger partial charge in [0.05, 0.1) is 17.1 Å². The molecule has 154 valence electrons. The third kappa shape index (κ3) is 2.90. The standard InChI is InChI=1S/C20H20F3N3O3/c21-14-5-11-16(26(10-1-2-10)7-12(18(11)27)19(28)29)6-17(14)25-8-13-15(9-25)24-4-3-20(13,22)23/h5-7,10,13,15,24H,1-4,8-9H2,(H,28,29). The minimum Gasteiger partial charge on any atom is -0.477 e. The lowest BCUT2D eigenvalue weighted by Gasteiger charge is -2.33. The predicted octanol–water partition coefficient (Wildman–Crippen LogP) is 2.61. The number of aromatic carboxylic acids is 1. The number of pyridine rings is 1. The molecule has 2 unspecified atom stereocenters. The molecule has 6 nitrogen and oxygen atoms in total. The van der Waals surface area contributed by atoms with E-state index in [4.69, 9.17) is 0 Å². The van der Waals surface area contributed by atoms with Crippen LogP contribution in [0.5, 0.6) is 0 Å². The number of nitrogens with one attached hydrogen (secondary N) is 1. The SMILES string of the molecule is O=C(O)c1cn(C2CC2)c2cc(N3CC4NCCC(F)(F)C4C3)c(F)cc2c1=O. The number of nitrogens with zero attached hydrogens (tertiary/aromatic N) is 2. The van der Waals surface area contributed by atoms with Crippen molar-refractivity contribution in [3.8, 4) is 0 Å². The van der Waals surface area contributed by atoms with Crippen molar-refractivity contribution >= 4 is 22.6 Å². The molecule has 0 bridgehead atoms. The summed E-state index contributed by atoms with van der Waals surface area (Å²) in [5.41, 5.74) is -0.527. The van der Waals surface area contributed by atoms with Gasteiger partial charge in [-0.2, -0.15) is 0 Å². The largest absolute Gasteiger partial charge is 0.477 e. The fraction of sp³-hybridized carbons (Fsp3) is 0.500. The highest BCUT2D eigenvalue weighted by molar-refractivity contribution is 5.93. The van der Waals surface area contributed by atoms with Crippen molar-refractivity contribution < 1.29 is 23.1 Å². The topological polar surface area (TPSA) is 74.6 Å². The summed E-state index contributed by atoms with van der Waals surface area (Å²) in [4.78, 5) is 25.6. The van der Waals surface area contributed by atoms with Crippen LogP contribution in [0.15, 0.2) is 23.1 Å². The Morgan fingerprint density at radius 2 is 2.00 bits per heavy atom. The zero-order valence-electron chi connectivity index (χ0n) is 15.5. The molecule has 0 amide bonds. The number of carboxylic acid groups (broad SMARTS) is 1. The minimum atomic E-state index is -2.80. The van der Waals surface area contributed by atoms with Gasteiger partial charge in [0.2, 0.25) is 5.43 Å². The Bertz CT molecular complexity index is 1080. The average molecular weight is 407 g/mol. The Morgan fingerprint density at radius 1 is 1.24 bits per heavy atom. The van der Waals surface area contributed by atoms with E-state index in [-0.39, 0.29) is 43.2 Å². The Morgan fingerprint density at radius 3 is 2.66 bits per heavy atom. The number of hydrogen-bond donors (Lipinski definition) is 2. The fourth-order valence-electron chi connectivity index (χ4n) is 4.65. The highest BCUT2D eigenvalue weighted by atomic mass is 19.3. The van der Waals surface area contributed by atoms with Crippen molar-refractivity contribution in [2.45, 2.75) is 37.3 Å². The van der Waals surface area contributed by atoms with Crippen LogP contribution in [0.4, 0.5) is 18.9 Å². The molecular formula is C20H20F3N3O3. The van der Waals surface area contributed by atoms with E-state index in [2.05, 4.69) is 5.32 Å². The highest BCUT2D eigenvalue weighted by Crippen LogP contribution is 2.41. The van der Waals surface area contributed by atoms with Crippen LogP contribution in [0.2, 0.25) is 0 Å². The first-order valence-corrected chi connectivity index (χ1v) is 9.74. The van der Waals surface area contributed by atoms with Gasteiger partial charge in [0, 0.05) is 49.7 Å². The van der Waals surface area contributed by atoms with Crippen LogP contribution in [0, 0.1) is 11.7 Å². The van der Waals surface area contributed by atoms with E-state index in [1.165, 1.54) is 12.3 Å². The number of halogens is 3. The zero-order valence-corrected chi connectivity index (χ0v) is 15.5. The summed E-state index contributed by atoms with van der Waals surface area (Å²) >= 11 is 0. The van der Waals surface area contributed by atoms with Crippen LogP contribution in [0.25, 0.3) is 10.9 Å². The Balaban J connectivity index is 1.62. The molecule has 1 aliphatic carbocycles. The predicted molar refractivity (Wildman–Crippen MR) is 100 cm³/mol. The first-order valence-electron chi connectivity index (χ1n) is 9.74. The van der Waals surface area contributed by atoms with Gasteiger partial charge in [-0.15, -0.1) is 0 Å². The van der Waals surface area contributed by atoms with Gasteiger partial charge in [-0.25, -0.2) is 18.0 Å². The second-order valence-corrected chi connectivity index (χ2v) is 8.22. The van der Waals surface area contributed by atoms with Crippen LogP contribution in [-0.4, -0.2) is 47.2 Å². The average Bonchev–Trinajstić information content (AvgIpc) is 3.40. The summed E-state index contributed by atoms with van der Waals surface area (Å²) in [5, 5.41) is 12.4. The third-order valence-corrected chi connectivity index (χ3v) is 6.34. The molecule has 1 saturated carbocycles. The molecule has 0 spiro atoms. The van der Waals surface area contributed by atoms with E-state index in [1.807, 2.05) is 0 Å². The number of hydrogen-bond acceptors (Lipinski definition) is 4. The first kappa shape index (κ1) is 18.5. The lowest BCUT2D eigenvalue weighted by molar-refractivity contribution is -0.0811. The minimum absolute atomic E-state index is 0.00174. The summed E-state index contributed by atoms with van der Waals surface area (Å²) < 4.78 is 45.2. The third-order valence-electron chi connectivity index (χ3n) is 6.34. The van der Waals surface area contributed by atoms with E-state index >= 15 is 0 Å². The summed E-state index contributed by atoms with van der Waals surface area (Å²) in [5.74, 6) is -5.76. The lowest BCUT2D eigenvalue weighted by Crippen LogP contribution is -2.51. The van der Waals surface area contributed by atoms with Gasteiger partial charge in [0.1, 0.15) is 11.4 Å². The molecule has 3 aliphatic rings. The number of rotatable bonds is 3. The molecule has 2 aliphatic heterocycles. The number of carbonyl (C=O) groups is 1. The quantitative estimate of drug-likeness (QED) is 0.818. The monoisotopic (exact) mass is 407 g/mol. The molecule has 5 rings (SSSR count). The normalized spacial score (nSPS) is 26.0. The summed E-state index contributed by atoms with van der Waals surface area (Å²) in [7, 11) is 0. The molecule has 29 heavy (non-hydrogen) atoms. The Hall–Kier alpha value is -2.55. The van der Waals surface area contributed by atoms with Gasteiger partial charge in [-0.1, -0.05) is 0 Å². The summed E-state index contributed by atoms with van der Waals surface area (Å²) in [6.07, 6.45) is 2.76. The van der Waals surface area contributed by atoms with E-state index in [9.17, 15) is 27.9 Å². The number of alkyl halides is 2. The van der Waals surface area contributed by atoms with Gasteiger partial charge in [-0.05, 0) is 25.0 Å². The fourth-order valence-corrected chi connectivity index (χ4v) is 4.65. The molecule has 2 atom stereocenters. The van der Waals surface area contributed by atoms with Crippen molar-refractivity contribution in [2.75, 3.05) is 24.5 Å². The maximum absolute atomic E-state index is 15.0. The Kier molecular flexibility index (Phi) is 3.96. The zero-order chi connectivity index (χ0) is 20.5. The summed E-state index contributed by atoms with van der Waals surface area (Å²) in [6.45, 7) is 0.499. The first-order chi connectivity index (χ1) is 13.8. The Labute approximate surface area is 163 Å². The second-order valence-electron chi connectivity index (χ2n) is 8.22. The second kappa shape index (κ2) is 6.22. The van der Waals surface area contributed by atoms with E-state index in [0.29, 0.717) is 5.52 Å². The maximum Gasteiger partial charge on any atom is 0.341 e. The van der Waals surface area contributed by atoms with E-state index in [0.717, 1.165) is 18.9 Å². The lowest BCUT2D eigenvalue weighted by atomic mass is 9.90. The molecule has 3 heterocycles. The molecule has 2 saturated heterocycles. The number of piperidine rings is 1. The number of anilines is 1. The van der Waals surface area contributed by atoms with Crippen molar-refractivity contribution in [2.24, 2.45) is 5.92 Å². The van der Waals surface area contributed by atoms with Crippen LogP contribution < -0.4 is 15.6 Å². The van der Waals surface area contributed by atoms with Crippen molar-refractivity contribution in [3.05, 3.63) is 39.9 Å². The number of aromatic nitrogens is 1. The van der Waals surface area contributed by atoms with Gasteiger partial charge >= 0.3 is 5.97 Å². The van der Waals surface area contributed by atoms with Gasteiger partial charge in [0.25, 0.3) is 5.92 Å². The number of carboxylic acids is 1. The summed E-state index contributed by atoms with van der Waals surface area (Å²) in [6, 6.07) is 2.19. The van der Waals surface area contributed by atoms with Crippen LogP contribution in [-0.2, 0) is 0 Å². The van der Waals surface area contributed by atoms with Crippen molar-refractivity contribution in [1.29, 1.82) is 0 Å². The van der Waals surface area contributed by atoms with Gasteiger partial charge < -0.3 is 19.9 Å². The molecule has 0 radical (unpaired) electrons. The van der Waals surface area contributed by atoms with E-state index in [1.54, 1.807) is 9.47 Å². The molecule has 1 aromatic carbocycles. The van der Waals surface area contributed by atoms with Crippen LogP contribution in [0.3, 0.4) is 0 Å². The van der Waals surface area contributed by atoms with Crippen LogP contribution in [0.1, 0.15) is 35.7 Å². The van der Waals surface area contributed by atoms with Gasteiger partial charge in [0.15, 0.2) is 0 Å². The maximum atomic E-state index is 15.0. The van der Waals surface area contributed by atoms with Crippen LogP contribution >= 0.6 is 0 Å². The number of fused-ring (bicyclic) bond motifs is 2. The molecule has 1 aromatic heterocycles. The smallest absolute Gasteiger partial charge is 0.341 e. The van der Waals surface area contributed by atoms with Crippen molar-refractivity contribution in [1.82, 2.24) is 9.88 Å².